The van der Waals surface area contributed by atoms with E-state index in [2.05, 4.69) is 20.1 Å². The van der Waals surface area contributed by atoms with Crippen molar-refractivity contribution in [2.24, 2.45) is 0 Å². The van der Waals surface area contributed by atoms with Crippen LogP contribution in [0.5, 0.6) is 11.8 Å². The first-order valence-electron chi connectivity index (χ1n) is 8.97. The lowest BCUT2D eigenvalue weighted by Crippen LogP contribution is -2.32. The zero-order valence-electron chi connectivity index (χ0n) is 15.6. The highest BCUT2D eigenvalue weighted by Gasteiger charge is 2.28. The number of nitrogens with zero attached hydrogens (tertiary/aromatic N) is 5. The number of H-pyrrole nitrogens is 1. The number of pyridine rings is 1. The zero-order valence-corrected chi connectivity index (χ0v) is 15.6. The molecule has 1 atom stereocenters. The summed E-state index contributed by atoms with van der Waals surface area (Å²) in [6.45, 7) is 2.01. The molecule has 3 aromatic heterocycles. The summed E-state index contributed by atoms with van der Waals surface area (Å²) < 4.78 is 12.1. The van der Waals surface area contributed by atoms with Gasteiger partial charge in [-0.1, -0.05) is 0 Å². The van der Waals surface area contributed by atoms with Crippen LogP contribution in [0.15, 0.2) is 35.6 Å². The molecule has 4 rings (SSSR count). The van der Waals surface area contributed by atoms with Gasteiger partial charge < -0.3 is 14.4 Å². The van der Waals surface area contributed by atoms with Crippen LogP contribution in [-0.2, 0) is 14.3 Å². The average Bonchev–Trinajstić information content (AvgIpc) is 3.35. The van der Waals surface area contributed by atoms with Crippen molar-refractivity contribution in [3.8, 4) is 11.8 Å². The molecule has 29 heavy (non-hydrogen) atoms. The first kappa shape index (κ1) is 18.6. The van der Waals surface area contributed by atoms with Gasteiger partial charge in [0.15, 0.2) is 12.4 Å². The summed E-state index contributed by atoms with van der Waals surface area (Å²) in [4.78, 5) is 47.4. The van der Waals surface area contributed by atoms with Gasteiger partial charge in [-0.25, -0.2) is 0 Å². The van der Waals surface area contributed by atoms with Crippen LogP contribution >= 0.6 is 0 Å². The minimum atomic E-state index is -0.487. The molecule has 11 nitrogen and oxygen atoms in total. The first-order chi connectivity index (χ1) is 14.0. The largest absolute Gasteiger partial charge is 0.456 e. The number of hydrogen-bond donors (Lipinski definition) is 1. The Morgan fingerprint density at radius 1 is 1.34 bits per heavy atom. The second kappa shape index (κ2) is 7.70. The molecule has 150 valence electrons. The molecule has 1 N–H and O–H groups in total. The molecule has 0 saturated carbocycles. The predicted molar refractivity (Wildman–Crippen MR) is 99.3 cm³/mol. The van der Waals surface area contributed by atoms with Crippen LogP contribution in [-0.4, -0.2) is 61.2 Å². The van der Waals surface area contributed by atoms with Gasteiger partial charge in [0.1, 0.15) is 0 Å². The van der Waals surface area contributed by atoms with E-state index in [1.165, 1.54) is 25.5 Å². The Balaban J connectivity index is 1.42. The lowest BCUT2D eigenvalue weighted by molar-refractivity contribution is -0.149. The van der Waals surface area contributed by atoms with Gasteiger partial charge in [-0.3, -0.25) is 29.0 Å². The molecule has 1 amide bonds. The number of carbonyl (C=O) groups is 2. The fraction of sp³-hybridized carbons (Fsp3) is 0.333. The van der Waals surface area contributed by atoms with Gasteiger partial charge in [-0.15, -0.1) is 0 Å². The molecule has 1 aliphatic heterocycles. The molecular formula is C18H18N6O5. The van der Waals surface area contributed by atoms with Crippen LogP contribution < -0.4 is 10.3 Å². The van der Waals surface area contributed by atoms with E-state index in [1.54, 1.807) is 21.8 Å². The summed E-state index contributed by atoms with van der Waals surface area (Å²) in [5, 5.41) is 4.71. The number of ether oxygens (including phenoxy) is 2. The van der Waals surface area contributed by atoms with E-state index < -0.39 is 5.97 Å². The SMILES string of the molecule is CC(=O)OCC(=O)N1CCC(n2cc(Oc3nc4cnccc4c(=O)[nH]3)cn2)C1. The van der Waals surface area contributed by atoms with Crippen molar-refractivity contribution in [2.45, 2.75) is 19.4 Å². The van der Waals surface area contributed by atoms with Crippen molar-refractivity contribution in [3.05, 3.63) is 41.2 Å². The summed E-state index contributed by atoms with van der Waals surface area (Å²) in [5.74, 6) is -0.321. The highest BCUT2D eigenvalue weighted by Crippen LogP contribution is 2.24. The maximum atomic E-state index is 12.1. The molecule has 0 bridgehead atoms. The highest BCUT2D eigenvalue weighted by molar-refractivity contribution is 5.80. The standard InChI is InChI=1S/C18H18N6O5/c1-11(25)28-10-16(26)23-5-3-12(8-23)24-9-13(6-20-24)29-18-21-15-7-19-4-2-14(15)17(27)22-18/h2,4,6-7,9,12H,3,5,8,10H2,1H3,(H,21,22,27). The van der Waals surface area contributed by atoms with Gasteiger partial charge in [0, 0.05) is 26.2 Å². The third-order valence-electron chi connectivity index (χ3n) is 4.57. The van der Waals surface area contributed by atoms with Crippen LogP contribution in [0.25, 0.3) is 10.9 Å². The number of fused-ring (bicyclic) bond motifs is 1. The summed E-state index contributed by atoms with van der Waals surface area (Å²) in [5.41, 5.74) is 0.105. The van der Waals surface area contributed by atoms with Crippen LogP contribution in [0, 0.1) is 0 Å². The van der Waals surface area contributed by atoms with Gasteiger partial charge in [-0.2, -0.15) is 10.1 Å². The van der Waals surface area contributed by atoms with Gasteiger partial charge in [0.05, 0.1) is 35.5 Å². The monoisotopic (exact) mass is 398 g/mol. The number of amides is 1. The highest BCUT2D eigenvalue weighted by atomic mass is 16.5. The fourth-order valence-corrected chi connectivity index (χ4v) is 3.14. The topological polar surface area (TPSA) is 132 Å². The smallest absolute Gasteiger partial charge is 0.303 e. The van der Waals surface area contributed by atoms with Gasteiger partial charge in [0.25, 0.3) is 11.5 Å². The van der Waals surface area contributed by atoms with Crippen molar-refractivity contribution in [1.29, 1.82) is 0 Å². The van der Waals surface area contributed by atoms with Crippen LogP contribution in [0.1, 0.15) is 19.4 Å². The second-order valence-electron chi connectivity index (χ2n) is 6.58. The number of aromatic nitrogens is 5. The number of aromatic amines is 1. The van der Waals surface area contributed by atoms with E-state index in [0.717, 1.165) is 0 Å². The van der Waals surface area contributed by atoms with Gasteiger partial charge in [0.2, 0.25) is 0 Å². The van der Waals surface area contributed by atoms with Crippen molar-refractivity contribution in [1.82, 2.24) is 29.6 Å². The fourth-order valence-electron chi connectivity index (χ4n) is 3.14. The summed E-state index contributed by atoms with van der Waals surface area (Å²) in [6, 6.07) is 1.60. The molecule has 0 aromatic carbocycles. The third-order valence-corrected chi connectivity index (χ3v) is 4.57. The normalized spacial score (nSPS) is 16.2. The van der Waals surface area contributed by atoms with Crippen LogP contribution in [0.3, 0.4) is 0 Å². The number of hydrogen-bond acceptors (Lipinski definition) is 8. The van der Waals surface area contributed by atoms with E-state index in [1.807, 2.05) is 0 Å². The zero-order chi connectivity index (χ0) is 20.4. The van der Waals surface area contributed by atoms with E-state index in [0.29, 0.717) is 36.2 Å². The van der Waals surface area contributed by atoms with Crippen molar-refractivity contribution in [2.75, 3.05) is 19.7 Å². The number of nitrogens with one attached hydrogen (secondary N) is 1. The Morgan fingerprint density at radius 3 is 3.03 bits per heavy atom. The van der Waals surface area contributed by atoms with Crippen LogP contribution in [0.2, 0.25) is 0 Å². The molecule has 0 radical (unpaired) electrons. The number of likely N-dealkylation sites (tertiary alicyclic amines) is 1. The van der Waals surface area contributed by atoms with E-state index in [-0.39, 0.29) is 30.1 Å². The molecule has 0 spiro atoms. The second-order valence-corrected chi connectivity index (χ2v) is 6.58. The Morgan fingerprint density at radius 2 is 2.21 bits per heavy atom. The predicted octanol–water partition coefficient (Wildman–Crippen LogP) is 0.643. The molecule has 0 aliphatic carbocycles. The molecule has 11 heteroatoms. The summed E-state index contributed by atoms with van der Waals surface area (Å²) in [6.07, 6.45) is 6.91. The van der Waals surface area contributed by atoms with Gasteiger partial charge >= 0.3 is 12.0 Å². The van der Waals surface area contributed by atoms with Crippen molar-refractivity contribution in [3.63, 3.8) is 0 Å². The number of esters is 1. The number of carbonyl (C=O) groups excluding carboxylic acids is 2. The molecule has 1 unspecified atom stereocenters. The quantitative estimate of drug-likeness (QED) is 0.619. The minimum Gasteiger partial charge on any atom is -0.456 e. The van der Waals surface area contributed by atoms with E-state index in [9.17, 15) is 14.4 Å². The van der Waals surface area contributed by atoms with E-state index in [4.69, 9.17) is 9.47 Å². The molecular weight excluding hydrogens is 380 g/mol. The summed E-state index contributed by atoms with van der Waals surface area (Å²) >= 11 is 0. The van der Waals surface area contributed by atoms with Gasteiger partial charge in [-0.05, 0) is 12.5 Å². The summed E-state index contributed by atoms with van der Waals surface area (Å²) in [7, 11) is 0. The lowest BCUT2D eigenvalue weighted by Gasteiger charge is -2.16. The van der Waals surface area contributed by atoms with Crippen molar-refractivity contribution < 1.29 is 19.1 Å². The first-order valence-corrected chi connectivity index (χ1v) is 8.97. The maximum absolute atomic E-state index is 12.1. The number of rotatable bonds is 5. The maximum Gasteiger partial charge on any atom is 0.303 e. The Kier molecular flexibility index (Phi) is 4.94. The lowest BCUT2D eigenvalue weighted by atomic mass is 10.3. The Labute approximate surface area is 164 Å². The van der Waals surface area contributed by atoms with Crippen LogP contribution in [0.4, 0.5) is 0 Å². The molecule has 1 saturated heterocycles. The molecule has 1 aliphatic rings. The van der Waals surface area contributed by atoms with Crippen molar-refractivity contribution >= 4 is 22.8 Å². The molecule has 3 aromatic rings. The Bertz CT molecular complexity index is 1120. The van der Waals surface area contributed by atoms with E-state index >= 15 is 0 Å². The third kappa shape index (κ3) is 4.08. The Hall–Kier alpha value is -3.76. The molecule has 1 fully saturated rings. The minimum absolute atomic E-state index is 0.0264. The molecule has 4 heterocycles. The average molecular weight is 398 g/mol.